The van der Waals surface area contributed by atoms with Gasteiger partial charge in [-0.05, 0) is 19.4 Å². The molecule has 0 spiro atoms. The highest BCUT2D eigenvalue weighted by molar-refractivity contribution is 6.00. The van der Waals surface area contributed by atoms with Crippen LogP contribution in [0, 0.1) is 5.92 Å². The molecule has 0 radical (unpaired) electrons. The third-order valence-electron chi connectivity index (χ3n) is 4.06. The summed E-state index contributed by atoms with van der Waals surface area (Å²) in [7, 11) is 0. The van der Waals surface area contributed by atoms with Crippen LogP contribution in [0.5, 0.6) is 0 Å². The zero-order chi connectivity index (χ0) is 15.9. The fourth-order valence-corrected chi connectivity index (χ4v) is 2.71. The number of hydrogen-bond acceptors (Lipinski definition) is 5. The molecule has 1 fully saturated rings. The van der Waals surface area contributed by atoms with Crippen molar-refractivity contribution in [3.63, 3.8) is 0 Å². The largest absolute Gasteiger partial charge is 0.339 e. The van der Waals surface area contributed by atoms with Gasteiger partial charge in [0.1, 0.15) is 5.78 Å². The molecule has 1 saturated heterocycles. The molecule has 6 nitrogen and oxygen atoms in total. The second-order valence-corrected chi connectivity index (χ2v) is 5.67. The molecule has 1 atom stereocenters. The Morgan fingerprint density at radius 1 is 1.18 bits per heavy atom. The Morgan fingerprint density at radius 2 is 1.82 bits per heavy atom. The minimum absolute atomic E-state index is 0.0189. The van der Waals surface area contributed by atoms with Gasteiger partial charge in [-0.1, -0.05) is 19.8 Å². The standard InChI is InChI=1S/C16H24N4O2/c1-3-4-6-14(13(2)21)15(22)19-9-11-20(12-10-19)16-17-7-5-8-18-16/h5,7-8,14H,3-4,6,9-12H2,1-2H3. The number of aromatic nitrogens is 2. The number of amides is 1. The molecular formula is C16H24N4O2. The SMILES string of the molecule is CCCCC(C(C)=O)C(=O)N1CCN(c2ncccn2)CC1. The van der Waals surface area contributed by atoms with E-state index < -0.39 is 5.92 Å². The lowest BCUT2D eigenvalue weighted by molar-refractivity contribution is -0.141. The van der Waals surface area contributed by atoms with Crippen LogP contribution in [0.4, 0.5) is 5.95 Å². The minimum atomic E-state index is -0.473. The molecule has 2 rings (SSSR count). The molecule has 22 heavy (non-hydrogen) atoms. The Bertz CT molecular complexity index is 498. The fraction of sp³-hybridized carbons (Fsp3) is 0.625. The maximum atomic E-state index is 12.5. The third kappa shape index (κ3) is 4.02. The van der Waals surface area contributed by atoms with Crippen LogP contribution in [-0.4, -0.2) is 52.7 Å². The number of unbranched alkanes of at least 4 members (excludes halogenated alkanes) is 1. The molecule has 6 heteroatoms. The highest BCUT2D eigenvalue weighted by Crippen LogP contribution is 2.16. The number of carbonyl (C=O) groups excluding carboxylic acids is 2. The molecule has 0 N–H and O–H groups in total. The van der Waals surface area contributed by atoms with Crippen LogP contribution >= 0.6 is 0 Å². The molecule has 0 aliphatic carbocycles. The Kier molecular flexibility index (Phi) is 5.86. The zero-order valence-corrected chi connectivity index (χ0v) is 13.4. The van der Waals surface area contributed by atoms with Gasteiger partial charge in [0.25, 0.3) is 0 Å². The summed E-state index contributed by atoms with van der Waals surface area (Å²) in [5.74, 6) is 0.185. The van der Waals surface area contributed by atoms with E-state index in [1.165, 1.54) is 6.92 Å². The normalized spacial score (nSPS) is 16.5. The molecule has 1 aromatic rings. The summed E-state index contributed by atoms with van der Waals surface area (Å²) < 4.78 is 0. The van der Waals surface area contributed by atoms with Gasteiger partial charge in [0.05, 0.1) is 5.92 Å². The maximum Gasteiger partial charge on any atom is 0.233 e. The van der Waals surface area contributed by atoms with Crippen LogP contribution in [-0.2, 0) is 9.59 Å². The second-order valence-electron chi connectivity index (χ2n) is 5.67. The number of ketones is 1. The topological polar surface area (TPSA) is 66.4 Å². The van der Waals surface area contributed by atoms with E-state index in [2.05, 4.69) is 21.8 Å². The molecule has 0 bridgehead atoms. The van der Waals surface area contributed by atoms with E-state index in [0.717, 1.165) is 12.8 Å². The van der Waals surface area contributed by atoms with Crippen molar-refractivity contribution in [2.75, 3.05) is 31.1 Å². The molecule has 1 aliphatic rings. The van der Waals surface area contributed by atoms with Gasteiger partial charge in [-0.25, -0.2) is 9.97 Å². The Balaban J connectivity index is 1.92. The number of Topliss-reactive ketones (excluding diaryl/α,β-unsaturated/α-hetero) is 1. The first kappa shape index (κ1) is 16.4. The van der Waals surface area contributed by atoms with E-state index in [1.54, 1.807) is 23.4 Å². The molecule has 1 aromatic heterocycles. The molecule has 2 heterocycles. The lowest BCUT2D eigenvalue weighted by atomic mass is 9.96. The first-order chi connectivity index (χ1) is 10.6. The minimum Gasteiger partial charge on any atom is -0.339 e. The Labute approximate surface area is 131 Å². The first-order valence-corrected chi connectivity index (χ1v) is 7.94. The highest BCUT2D eigenvalue weighted by Gasteiger charge is 2.30. The van der Waals surface area contributed by atoms with Crippen molar-refractivity contribution in [1.29, 1.82) is 0 Å². The predicted molar refractivity (Wildman–Crippen MR) is 84.5 cm³/mol. The van der Waals surface area contributed by atoms with Crippen LogP contribution < -0.4 is 4.90 Å². The number of carbonyl (C=O) groups is 2. The van der Waals surface area contributed by atoms with E-state index >= 15 is 0 Å². The van der Waals surface area contributed by atoms with Crippen LogP contribution in [0.25, 0.3) is 0 Å². The monoisotopic (exact) mass is 304 g/mol. The summed E-state index contributed by atoms with van der Waals surface area (Å²) in [6, 6.07) is 1.79. The molecule has 1 unspecified atom stereocenters. The molecule has 1 aliphatic heterocycles. The lowest BCUT2D eigenvalue weighted by Gasteiger charge is -2.36. The number of hydrogen-bond donors (Lipinski definition) is 0. The van der Waals surface area contributed by atoms with Crippen LogP contribution in [0.15, 0.2) is 18.5 Å². The van der Waals surface area contributed by atoms with Gasteiger partial charge in [-0.3, -0.25) is 9.59 Å². The quantitative estimate of drug-likeness (QED) is 0.746. The molecular weight excluding hydrogens is 280 g/mol. The summed E-state index contributed by atoms with van der Waals surface area (Å²) in [5, 5.41) is 0. The molecule has 120 valence electrons. The van der Waals surface area contributed by atoms with E-state index in [0.29, 0.717) is 38.5 Å². The van der Waals surface area contributed by atoms with Crippen molar-refractivity contribution < 1.29 is 9.59 Å². The van der Waals surface area contributed by atoms with Gasteiger partial charge in [-0.15, -0.1) is 0 Å². The van der Waals surface area contributed by atoms with Gasteiger partial charge < -0.3 is 9.80 Å². The summed E-state index contributed by atoms with van der Waals surface area (Å²) >= 11 is 0. The Morgan fingerprint density at radius 3 is 2.36 bits per heavy atom. The van der Waals surface area contributed by atoms with Gasteiger partial charge in [-0.2, -0.15) is 0 Å². The Hall–Kier alpha value is -1.98. The summed E-state index contributed by atoms with van der Waals surface area (Å²) in [6.07, 6.45) is 6.00. The summed E-state index contributed by atoms with van der Waals surface area (Å²) in [6.45, 7) is 6.23. The number of piperazine rings is 1. The van der Waals surface area contributed by atoms with Crippen molar-refractivity contribution in [3.05, 3.63) is 18.5 Å². The molecule has 0 aromatic carbocycles. The van der Waals surface area contributed by atoms with Crippen LogP contribution in [0.1, 0.15) is 33.1 Å². The zero-order valence-electron chi connectivity index (χ0n) is 13.4. The van der Waals surface area contributed by atoms with Gasteiger partial charge in [0.2, 0.25) is 11.9 Å². The van der Waals surface area contributed by atoms with E-state index in [-0.39, 0.29) is 11.7 Å². The van der Waals surface area contributed by atoms with Gasteiger partial charge >= 0.3 is 0 Å². The van der Waals surface area contributed by atoms with Crippen molar-refractivity contribution in [1.82, 2.24) is 14.9 Å². The van der Waals surface area contributed by atoms with Gasteiger partial charge in [0, 0.05) is 38.6 Å². The maximum absolute atomic E-state index is 12.5. The number of nitrogens with zero attached hydrogens (tertiary/aromatic N) is 4. The average Bonchev–Trinajstić information content (AvgIpc) is 2.55. The van der Waals surface area contributed by atoms with Crippen molar-refractivity contribution in [2.24, 2.45) is 5.92 Å². The summed E-state index contributed by atoms with van der Waals surface area (Å²) in [4.78, 5) is 36.6. The van der Waals surface area contributed by atoms with Crippen molar-refractivity contribution in [2.45, 2.75) is 33.1 Å². The van der Waals surface area contributed by atoms with Crippen LogP contribution in [0.3, 0.4) is 0 Å². The fourth-order valence-electron chi connectivity index (χ4n) is 2.71. The van der Waals surface area contributed by atoms with E-state index in [1.807, 2.05) is 0 Å². The molecule has 1 amide bonds. The van der Waals surface area contributed by atoms with Crippen molar-refractivity contribution in [3.8, 4) is 0 Å². The highest BCUT2D eigenvalue weighted by atomic mass is 16.2. The number of anilines is 1. The average molecular weight is 304 g/mol. The summed E-state index contributed by atoms with van der Waals surface area (Å²) in [5.41, 5.74) is 0. The third-order valence-corrected chi connectivity index (χ3v) is 4.06. The lowest BCUT2D eigenvalue weighted by Crippen LogP contribution is -2.51. The van der Waals surface area contributed by atoms with Crippen LogP contribution in [0.2, 0.25) is 0 Å². The molecule has 0 saturated carbocycles. The second kappa shape index (κ2) is 7.87. The van der Waals surface area contributed by atoms with E-state index in [4.69, 9.17) is 0 Å². The van der Waals surface area contributed by atoms with Crippen molar-refractivity contribution >= 4 is 17.6 Å². The van der Waals surface area contributed by atoms with Gasteiger partial charge in [0.15, 0.2) is 0 Å². The van der Waals surface area contributed by atoms with E-state index in [9.17, 15) is 9.59 Å². The smallest absolute Gasteiger partial charge is 0.233 e. The predicted octanol–water partition coefficient (Wildman–Crippen LogP) is 1.52. The first-order valence-electron chi connectivity index (χ1n) is 7.94. The number of rotatable bonds is 6.